The lowest BCUT2D eigenvalue weighted by molar-refractivity contribution is -0.113. The van der Waals surface area contributed by atoms with Crippen LogP contribution >= 0.6 is 34.4 Å². The summed E-state index contributed by atoms with van der Waals surface area (Å²) in [5, 5.41) is 6.35. The van der Waals surface area contributed by atoms with Crippen LogP contribution in [0, 0.1) is 0 Å². The van der Waals surface area contributed by atoms with Crippen LogP contribution in [-0.4, -0.2) is 27.1 Å². The Labute approximate surface area is 197 Å². The number of fused-ring (bicyclic) bond motifs is 3. The van der Waals surface area contributed by atoms with Crippen LogP contribution in [0.1, 0.15) is 65.4 Å². The maximum absolute atomic E-state index is 13.7. The Kier molecular flexibility index (Phi) is 6.09. The van der Waals surface area contributed by atoms with Gasteiger partial charge in [0, 0.05) is 10.9 Å². The Hall–Kier alpha value is -2.17. The first kappa shape index (κ1) is 21.7. The summed E-state index contributed by atoms with van der Waals surface area (Å²) >= 11 is 4.18. The molecule has 168 valence electrons. The fraction of sp³-hybridized carbons (Fsp3) is 0.455. The number of carbonyl (C=O) groups is 2. The third-order valence-electron chi connectivity index (χ3n) is 6.19. The molecule has 0 bridgehead atoms. The third-order valence-corrected chi connectivity index (χ3v) is 9.16. The van der Waals surface area contributed by atoms with E-state index in [9.17, 15) is 14.4 Å². The maximum Gasteiger partial charge on any atom is 0.263 e. The van der Waals surface area contributed by atoms with Gasteiger partial charge in [-0.25, -0.2) is 4.98 Å². The standard InChI is InChI=1S/C22H24N4O3S3/c23-18(28)14-9-10-30-19(14)24-16(27)11-31-22-25-20-17(13-7-3-4-8-15(13)32-20)21(29)26(22)12-5-1-2-6-12/h9-10,12H,1-8,11H2,(H2,23,28)(H,24,27). The molecule has 0 aromatic carbocycles. The Bertz CT molecular complexity index is 1250. The Morgan fingerprint density at radius 3 is 2.78 bits per heavy atom. The SMILES string of the molecule is NC(=O)c1ccsc1NC(=O)CSc1nc2sc3c(c2c(=O)n1C1CCCC1)CCCC3. The number of thiophene rings is 2. The molecular weight excluding hydrogens is 464 g/mol. The quantitative estimate of drug-likeness (QED) is 0.396. The lowest BCUT2D eigenvalue weighted by Crippen LogP contribution is -2.27. The lowest BCUT2D eigenvalue weighted by Gasteiger charge is -2.18. The van der Waals surface area contributed by atoms with Crippen molar-refractivity contribution < 1.29 is 9.59 Å². The Balaban J connectivity index is 1.45. The van der Waals surface area contributed by atoms with Crippen LogP contribution in [0.4, 0.5) is 5.00 Å². The number of rotatable bonds is 6. The first-order valence-corrected chi connectivity index (χ1v) is 13.6. The molecule has 1 fully saturated rings. The predicted octanol–water partition coefficient (Wildman–Crippen LogP) is 4.34. The highest BCUT2D eigenvalue weighted by atomic mass is 32.2. The van der Waals surface area contributed by atoms with E-state index >= 15 is 0 Å². The summed E-state index contributed by atoms with van der Waals surface area (Å²) in [5.41, 5.74) is 6.92. The zero-order valence-corrected chi connectivity index (χ0v) is 20.0. The van der Waals surface area contributed by atoms with Crippen LogP contribution < -0.4 is 16.6 Å². The highest BCUT2D eigenvalue weighted by Gasteiger charge is 2.27. The molecule has 2 amide bonds. The van der Waals surface area contributed by atoms with E-state index < -0.39 is 5.91 Å². The van der Waals surface area contributed by atoms with Crippen LogP contribution in [0.15, 0.2) is 21.4 Å². The number of aromatic nitrogens is 2. The van der Waals surface area contributed by atoms with E-state index in [-0.39, 0.29) is 23.3 Å². The Morgan fingerprint density at radius 1 is 1.22 bits per heavy atom. The summed E-state index contributed by atoms with van der Waals surface area (Å²) in [6.07, 6.45) is 8.41. The van der Waals surface area contributed by atoms with Gasteiger partial charge in [-0.2, -0.15) is 0 Å². The van der Waals surface area contributed by atoms with Gasteiger partial charge in [-0.15, -0.1) is 22.7 Å². The molecular formula is C22H24N4O3S3. The van der Waals surface area contributed by atoms with Gasteiger partial charge in [0.1, 0.15) is 9.83 Å². The maximum atomic E-state index is 13.7. The fourth-order valence-corrected chi connectivity index (χ4v) is 7.66. The number of nitrogens with one attached hydrogen (secondary N) is 1. The van der Waals surface area contributed by atoms with E-state index in [1.165, 1.54) is 33.5 Å². The zero-order chi connectivity index (χ0) is 22.2. The molecule has 1 saturated carbocycles. The van der Waals surface area contributed by atoms with Crippen LogP contribution in [0.2, 0.25) is 0 Å². The molecule has 0 atom stereocenters. The van der Waals surface area contributed by atoms with Gasteiger partial charge in [0.2, 0.25) is 5.91 Å². The molecule has 32 heavy (non-hydrogen) atoms. The van der Waals surface area contributed by atoms with Crippen molar-refractivity contribution in [2.45, 2.75) is 62.6 Å². The van der Waals surface area contributed by atoms with Gasteiger partial charge in [0.25, 0.3) is 11.5 Å². The van der Waals surface area contributed by atoms with Gasteiger partial charge in [-0.3, -0.25) is 19.0 Å². The van der Waals surface area contributed by atoms with E-state index in [2.05, 4.69) is 5.32 Å². The van der Waals surface area contributed by atoms with Gasteiger partial charge in [0.15, 0.2) is 5.16 Å². The average molecular weight is 489 g/mol. The first-order chi connectivity index (χ1) is 15.5. The smallest absolute Gasteiger partial charge is 0.263 e. The van der Waals surface area contributed by atoms with Crippen molar-refractivity contribution in [1.29, 1.82) is 0 Å². The third kappa shape index (κ3) is 3.99. The van der Waals surface area contributed by atoms with Gasteiger partial charge >= 0.3 is 0 Å². The molecule has 0 unspecified atom stereocenters. The van der Waals surface area contributed by atoms with Crippen molar-refractivity contribution in [2.24, 2.45) is 5.73 Å². The number of nitrogens with two attached hydrogens (primary N) is 1. The second-order valence-corrected chi connectivity index (χ2v) is 11.2. The Morgan fingerprint density at radius 2 is 2.00 bits per heavy atom. The minimum atomic E-state index is -0.571. The summed E-state index contributed by atoms with van der Waals surface area (Å²) in [5.74, 6) is -0.720. The second kappa shape index (κ2) is 8.99. The van der Waals surface area contributed by atoms with Crippen molar-refractivity contribution in [1.82, 2.24) is 9.55 Å². The number of nitrogens with zero attached hydrogens (tertiary/aromatic N) is 2. The molecule has 3 aromatic rings. The summed E-state index contributed by atoms with van der Waals surface area (Å²) in [6.45, 7) is 0. The zero-order valence-electron chi connectivity index (χ0n) is 17.5. The van der Waals surface area contributed by atoms with Gasteiger partial charge < -0.3 is 11.1 Å². The molecule has 3 aromatic heterocycles. The van der Waals surface area contributed by atoms with Crippen LogP contribution in [-0.2, 0) is 17.6 Å². The van der Waals surface area contributed by atoms with Crippen LogP contribution in [0.5, 0.6) is 0 Å². The largest absolute Gasteiger partial charge is 0.366 e. The van der Waals surface area contributed by atoms with E-state index in [0.29, 0.717) is 15.7 Å². The highest BCUT2D eigenvalue weighted by molar-refractivity contribution is 7.99. The predicted molar refractivity (Wildman–Crippen MR) is 130 cm³/mol. The molecule has 7 nitrogen and oxygen atoms in total. The van der Waals surface area contributed by atoms with Gasteiger partial charge in [0.05, 0.1) is 16.7 Å². The second-order valence-electron chi connectivity index (χ2n) is 8.26. The number of aryl methyl sites for hydroxylation is 2. The summed E-state index contributed by atoms with van der Waals surface area (Å²) in [7, 11) is 0. The van der Waals surface area contributed by atoms with E-state index in [1.807, 2.05) is 4.57 Å². The summed E-state index contributed by atoms with van der Waals surface area (Å²) < 4.78 is 1.86. The van der Waals surface area contributed by atoms with Gasteiger partial charge in [-0.05, 0) is 55.5 Å². The minimum absolute atomic E-state index is 0.0541. The molecule has 0 saturated heterocycles. The van der Waals surface area contributed by atoms with Crippen LogP contribution in [0.3, 0.4) is 0 Å². The number of amides is 2. The van der Waals surface area contributed by atoms with Crippen molar-refractivity contribution in [3.63, 3.8) is 0 Å². The number of thioether (sulfide) groups is 1. The fourth-order valence-electron chi connectivity index (χ4n) is 4.68. The molecule has 0 radical (unpaired) electrons. The normalized spacial score (nSPS) is 16.4. The lowest BCUT2D eigenvalue weighted by atomic mass is 9.97. The summed E-state index contributed by atoms with van der Waals surface area (Å²) in [4.78, 5) is 44.8. The van der Waals surface area contributed by atoms with E-state index in [4.69, 9.17) is 10.7 Å². The molecule has 3 N–H and O–H groups in total. The first-order valence-electron chi connectivity index (χ1n) is 10.9. The number of anilines is 1. The molecule has 10 heteroatoms. The minimum Gasteiger partial charge on any atom is -0.366 e. The number of hydrogen-bond donors (Lipinski definition) is 2. The topological polar surface area (TPSA) is 107 Å². The van der Waals surface area contributed by atoms with E-state index in [0.717, 1.165) is 61.6 Å². The van der Waals surface area contributed by atoms with E-state index in [1.54, 1.807) is 22.8 Å². The monoisotopic (exact) mass is 488 g/mol. The number of carbonyl (C=O) groups excluding carboxylic acids is 2. The molecule has 0 spiro atoms. The highest BCUT2D eigenvalue weighted by Crippen LogP contribution is 2.37. The van der Waals surface area contributed by atoms with Crippen LogP contribution in [0.25, 0.3) is 10.2 Å². The molecule has 3 heterocycles. The van der Waals surface area contributed by atoms with Gasteiger partial charge in [-0.1, -0.05) is 24.6 Å². The molecule has 0 aliphatic heterocycles. The van der Waals surface area contributed by atoms with Crippen molar-refractivity contribution >= 4 is 61.5 Å². The average Bonchev–Trinajstić information content (AvgIpc) is 3.51. The summed E-state index contributed by atoms with van der Waals surface area (Å²) in [6, 6.07) is 1.74. The molecule has 5 rings (SSSR count). The van der Waals surface area contributed by atoms with Crippen molar-refractivity contribution in [3.8, 4) is 0 Å². The number of primary amides is 1. The molecule has 2 aliphatic carbocycles. The van der Waals surface area contributed by atoms with Crippen molar-refractivity contribution in [2.75, 3.05) is 11.1 Å². The number of hydrogen-bond acceptors (Lipinski definition) is 7. The van der Waals surface area contributed by atoms with Crippen molar-refractivity contribution in [3.05, 3.63) is 37.8 Å². The molecule has 2 aliphatic rings.